The number of rotatable bonds is 3. The molecule has 0 radical (unpaired) electrons. The lowest BCUT2D eigenvalue weighted by Gasteiger charge is -2.35. The van der Waals surface area contributed by atoms with Crippen molar-refractivity contribution < 1.29 is 4.39 Å². The molecule has 1 aliphatic heterocycles. The van der Waals surface area contributed by atoms with E-state index in [1.54, 1.807) is 12.1 Å². The standard InChI is InChI=1S/C16H21FN2/c1-16(13-18,19-10-4-2-3-5-11-19)12-14-6-8-15(17)9-7-14/h6-9H,2-5,10-12H2,1H3. The van der Waals surface area contributed by atoms with Gasteiger partial charge in [0.15, 0.2) is 0 Å². The fraction of sp³-hybridized carbons (Fsp3) is 0.562. The van der Waals surface area contributed by atoms with Crippen molar-refractivity contribution in [2.75, 3.05) is 13.1 Å². The molecule has 102 valence electrons. The van der Waals surface area contributed by atoms with Gasteiger partial charge >= 0.3 is 0 Å². The molecule has 0 aromatic heterocycles. The molecule has 0 aliphatic carbocycles. The summed E-state index contributed by atoms with van der Waals surface area (Å²) in [6.07, 6.45) is 5.51. The second kappa shape index (κ2) is 6.16. The first kappa shape index (κ1) is 14.0. The summed E-state index contributed by atoms with van der Waals surface area (Å²) in [5.74, 6) is -0.225. The van der Waals surface area contributed by atoms with Crippen molar-refractivity contribution in [3.8, 4) is 6.07 Å². The molecule has 1 aromatic carbocycles. The lowest BCUT2D eigenvalue weighted by Crippen LogP contribution is -2.47. The molecule has 0 N–H and O–H groups in total. The second-order valence-electron chi connectivity index (χ2n) is 5.59. The fourth-order valence-corrected chi connectivity index (χ4v) is 2.79. The molecule has 3 heteroatoms. The summed E-state index contributed by atoms with van der Waals surface area (Å²) < 4.78 is 12.9. The lowest BCUT2D eigenvalue weighted by atomic mass is 9.92. The van der Waals surface area contributed by atoms with Gasteiger partial charge < -0.3 is 0 Å². The van der Waals surface area contributed by atoms with Crippen molar-refractivity contribution in [1.29, 1.82) is 5.26 Å². The molecular formula is C16H21FN2. The lowest BCUT2D eigenvalue weighted by molar-refractivity contribution is 0.157. The van der Waals surface area contributed by atoms with Crippen molar-refractivity contribution in [3.63, 3.8) is 0 Å². The van der Waals surface area contributed by atoms with Gasteiger partial charge in [-0.3, -0.25) is 4.90 Å². The number of benzene rings is 1. The Hall–Kier alpha value is -1.40. The first-order chi connectivity index (χ1) is 9.14. The van der Waals surface area contributed by atoms with Gasteiger partial charge in [0.05, 0.1) is 6.07 Å². The number of nitriles is 1. The molecule has 1 aliphatic rings. The van der Waals surface area contributed by atoms with Crippen LogP contribution in [0.15, 0.2) is 24.3 Å². The summed E-state index contributed by atoms with van der Waals surface area (Å²) in [4.78, 5) is 2.29. The Kier molecular flexibility index (Phi) is 4.55. The van der Waals surface area contributed by atoms with Gasteiger partial charge in [0.1, 0.15) is 11.4 Å². The smallest absolute Gasteiger partial charge is 0.123 e. The van der Waals surface area contributed by atoms with E-state index in [0.717, 1.165) is 18.7 Å². The summed E-state index contributed by atoms with van der Waals surface area (Å²) in [5.41, 5.74) is 0.539. The van der Waals surface area contributed by atoms with Gasteiger partial charge in [-0.05, 0) is 50.6 Å². The third-order valence-electron chi connectivity index (χ3n) is 4.01. The second-order valence-corrected chi connectivity index (χ2v) is 5.59. The summed E-state index contributed by atoms with van der Waals surface area (Å²) in [7, 11) is 0. The molecule has 0 spiro atoms. The van der Waals surface area contributed by atoms with Crippen LogP contribution >= 0.6 is 0 Å². The maximum absolute atomic E-state index is 12.9. The molecule has 1 heterocycles. The molecule has 2 rings (SSSR count). The fourth-order valence-electron chi connectivity index (χ4n) is 2.79. The topological polar surface area (TPSA) is 27.0 Å². The van der Waals surface area contributed by atoms with E-state index in [1.807, 2.05) is 6.92 Å². The van der Waals surface area contributed by atoms with Crippen LogP contribution in [0.2, 0.25) is 0 Å². The minimum absolute atomic E-state index is 0.225. The van der Waals surface area contributed by atoms with Crippen LogP contribution in [-0.2, 0) is 6.42 Å². The van der Waals surface area contributed by atoms with Gasteiger partial charge in [-0.25, -0.2) is 4.39 Å². The summed E-state index contributed by atoms with van der Waals surface area (Å²) in [6.45, 7) is 3.98. The van der Waals surface area contributed by atoms with Crippen LogP contribution in [0.5, 0.6) is 0 Å². The Morgan fingerprint density at radius 2 is 1.74 bits per heavy atom. The predicted octanol–water partition coefficient (Wildman–Crippen LogP) is 3.53. The number of hydrogen-bond donors (Lipinski definition) is 0. The molecule has 19 heavy (non-hydrogen) atoms. The molecule has 1 saturated heterocycles. The SMILES string of the molecule is CC(C#N)(Cc1ccc(F)cc1)N1CCCCCC1. The van der Waals surface area contributed by atoms with Crippen LogP contribution in [0.1, 0.15) is 38.2 Å². The molecule has 1 aromatic rings. The van der Waals surface area contributed by atoms with E-state index in [1.165, 1.54) is 37.8 Å². The highest BCUT2D eigenvalue weighted by molar-refractivity contribution is 5.22. The third-order valence-corrected chi connectivity index (χ3v) is 4.01. The highest BCUT2D eigenvalue weighted by Crippen LogP contribution is 2.24. The highest BCUT2D eigenvalue weighted by Gasteiger charge is 2.32. The zero-order chi connectivity index (χ0) is 13.7. The minimum Gasteiger partial charge on any atom is -0.285 e. The van der Waals surface area contributed by atoms with Crippen LogP contribution in [-0.4, -0.2) is 23.5 Å². The Balaban J connectivity index is 2.12. The Morgan fingerprint density at radius 3 is 2.26 bits per heavy atom. The van der Waals surface area contributed by atoms with E-state index >= 15 is 0 Å². The number of hydrogen-bond acceptors (Lipinski definition) is 2. The van der Waals surface area contributed by atoms with Gasteiger partial charge in [0, 0.05) is 6.42 Å². The average Bonchev–Trinajstić information content (AvgIpc) is 2.71. The van der Waals surface area contributed by atoms with Crippen LogP contribution in [0.25, 0.3) is 0 Å². The first-order valence-corrected chi connectivity index (χ1v) is 7.05. The molecule has 0 amide bonds. The van der Waals surface area contributed by atoms with Gasteiger partial charge in [0.2, 0.25) is 0 Å². The van der Waals surface area contributed by atoms with Gasteiger partial charge in [-0.1, -0.05) is 25.0 Å². The largest absolute Gasteiger partial charge is 0.285 e. The van der Waals surface area contributed by atoms with E-state index in [4.69, 9.17) is 0 Å². The predicted molar refractivity (Wildman–Crippen MR) is 74.2 cm³/mol. The van der Waals surface area contributed by atoms with Crippen molar-refractivity contribution >= 4 is 0 Å². The first-order valence-electron chi connectivity index (χ1n) is 7.05. The summed E-state index contributed by atoms with van der Waals surface area (Å²) in [5, 5.41) is 9.58. The van der Waals surface area contributed by atoms with Crippen molar-refractivity contribution in [3.05, 3.63) is 35.6 Å². The molecule has 1 atom stereocenters. The average molecular weight is 260 g/mol. The Labute approximate surface area is 114 Å². The number of nitrogens with zero attached hydrogens (tertiary/aromatic N) is 2. The molecule has 1 fully saturated rings. The molecular weight excluding hydrogens is 239 g/mol. The van der Waals surface area contributed by atoms with E-state index in [0.29, 0.717) is 6.42 Å². The zero-order valence-corrected chi connectivity index (χ0v) is 11.5. The van der Waals surface area contributed by atoms with Crippen LogP contribution < -0.4 is 0 Å². The quantitative estimate of drug-likeness (QED) is 0.831. The van der Waals surface area contributed by atoms with Gasteiger partial charge in [-0.2, -0.15) is 5.26 Å². The van der Waals surface area contributed by atoms with E-state index in [9.17, 15) is 9.65 Å². The van der Waals surface area contributed by atoms with Crippen molar-refractivity contribution in [1.82, 2.24) is 4.90 Å². The maximum atomic E-state index is 12.9. The van der Waals surface area contributed by atoms with E-state index in [2.05, 4.69) is 11.0 Å². The number of halogens is 1. The van der Waals surface area contributed by atoms with Crippen LogP contribution in [0, 0.1) is 17.1 Å². The Bertz CT molecular complexity index is 441. The minimum atomic E-state index is -0.484. The van der Waals surface area contributed by atoms with Crippen molar-refractivity contribution in [2.45, 2.75) is 44.6 Å². The van der Waals surface area contributed by atoms with E-state index in [-0.39, 0.29) is 5.82 Å². The van der Waals surface area contributed by atoms with Gasteiger partial charge in [-0.15, -0.1) is 0 Å². The third kappa shape index (κ3) is 3.54. The summed E-state index contributed by atoms with van der Waals surface area (Å²) in [6, 6.07) is 8.97. The molecule has 0 saturated carbocycles. The van der Waals surface area contributed by atoms with Crippen LogP contribution in [0.4, 0.5) is 4.39 Å². The molecule has 0 bridgehead atoms. The van der Waals surface area contributed by atoms with Crippen LogP contribution in [0.3, 0.4) is 0 Å². The van der Waals surface area contributed by atoms with E-state index < -0.39 is 5.54 Å². The van der Waals surface area contributed by atoms with Gasteiger partial charge in [0.25, 0.3) is 0 Å². The monoisotopic (exact) mass is 260 g/mol. The molecule has 1 unspecified atom stereocenters. The van der Waals surface area contributed by atoms with Crippen molar-refractivity contribution in [2.24, 2.45) is 0 Å². The zero-order valence-electron chi connectivity index (χ0n) is 11.5. The Morgan fingerprint density at radius 1 is 1.16 bits per heavy atom. The number of likely N-dealkylation sites (tertiary alicyclic amines) is 1. The maximum Gasteiger partial charge on any atom is 0.123 e. The normalized spacial score (nSPS) is 20.3. The molecule has 2 nitrogen and oxygen atoms in total. The highest BCUT2D eigenvalue weighted by atomic mass is 19.1. The summed E-state index contributed by atoms with van der Waals surface area (Å²) >= 11 is 0.